The van der Waals surface area contributed by atoms with Gasteiger partial charge in [0.25, 0.3) is 0 Å². The summed E-state index contributed by atoms with van der Waals surface area (Å²) < 4.78 is 12.3. The summed E-state index contributed by atoms with van der Waals surface area (Å²) in [6.45, 7) is 3.81. The van der Waals surface area contributed by atoms with Gasteiger partial charge in [-0.05, 0) is 19.4 Å². The van der Waals surface area contributed by atoms with E-state index in [0.717, 1.165) is 37.4 Å². The molecule has 0 radical (unpaired) electrons. The van der Waals surface area contributed by atoms with Crippen molar-refractivity contribution in [1.29, 1.82) is 0 Å². The Labute approximate surface area is 103 Å². The average Bonchev–Trinajstić information content (AvgIpc) is 2.69. The van der Waals surface area contributed by atoms with Crippen LogP contribution in [0.3, 0.4) is 0 Å². The highest BCUT2D eigenvalue weighted by Crippen LogP contribution is 2.27. The van der Waals surface area contributed by atoms with Crippen LogP contribution in [0.15, 0.2) is 6.20 Å². The molecule has 0 bridgehead atoms. The van der Waals surface area contributed by atoms with Gasteiger partial charge in [0.2, 0.25) is 0 Å². The Morgan fingerprint density at radius 2 is 2.24 bits per heavy atom. The standard InChI is InChI=1S/C12H23N3O2/c1-5-13-10(7-6-8-16-3)12-11(17-4)9-14-15(12)2/h9-10,13H,5-8H2,1-4H3. The first kappa shape index (κ1) is 14.0. The lowest BCUT2D eigenvalue weighted by Gasteiger charge is -2.19. The maximum atomic E-state index is 5.35. The van der Waals surface area contributed by atoms with Crippen LogP contribution in [0.5, 0.6) is 5.75 Å². The summed E-state index contributed by atoms with van der Waals surface area (Å²) in [5.74, 6) is 0.843. The van der Waals surface area contributed by atoms with Gasteiger partial charge in [0.1, 0.15) is 0 Å². The van der Waals surface area contributed by atoms with Gasteiger partial charge in [-0.3, -0.25) is 4.68 Å². The van der Waals surface area contributed by atoms with Crippen molar-refractivity contribution in [3.63, 3.8) is 0 Å². The fraction of sp³-hybridized carbons (Fsp3) is 0.750. The van der Waals surface area contributed by atoms with Crippen molar-refractivity contribution in [2.24, 2.45) is 7.05 Å². The van der Waals surface area contributed by atoms with Crippen LogP contribution in [-0.4, -0.2) is 37.2 Å². The fourth-order valence-corrected chi connectivity index (χ4v) is 2.00. The Balaban J connectivity index is 2.76. The van der Waals surface area contributed by atoms with Gasteiger partial charge in [0, 0.05) is 20.8 Å². The minimum Gasteiger partial charge on any atom is -0.493 e. The first-order valence-electron chi connectivity index (χ1n) is 6.02. The molecule has 0 aliphatic carbocycles. The number of hydrogen-bond acceptors (Lipinski definition) is 4. The zero-order valence-electron chi connectivity index (χ0n) is 11.2. The number of methoxy groups -OCH3 is 2. The number of aromatic nitrogens is 2. The molecule has 5 nitrogen and oxygen atoms in total. The Kier molecular flexibility index (Phi) is 6.00. The van der Waals surface area contributed by atoms with Gasteiger partial charge in [-0.25, -0.2) is 0 Å². The third-order valence-electron chi connectivity index (χ3n) is 2.79. The van der Waals surface area contributed by atoms with Gasteiger partial charge < -0.3 is 14.8 Å². The number of rotatable bonds is 8. The minimum atomic E-state index is 0.262. The molecular weight excluding hydrogens is 218 g/mol. The van der Waals surface area contributed by atoms with Crippen LogP contribution >= 0.6 is 0 Å². The Hall–Kier alpha value is -1.07. The van der Waals surface area contributed by atoms with E-state index in [0.29, 0.717) is 0 Å². The van der Waals surface area contributed by atoms with Crippen LogP contribution in [0.1, 0.15) is 31.5 Å². The van der Waals surface area contributed by atoms with Gasteiger partial charge in [0.05, 0.1) is 25.0 Å². The maximum absolute atomic E-state index is 5.35. The van der Waals surface area contributed by atoms with E-state index in [1.54, 1.807) is 20.4 Å². The second kappa shape index (κ2) is 7.29. The first-order valence-corrected chi connectivity index (χ1v) is 6.02. The molecule has 0 spiro atoms. The molecule has 0 saturated carbocycles. The predicted molar refractivity (Wildman–Crippen MR) is 67.3 cm³/mol. The second-order valence-corrected chi connectivity index (χ2v) is 3.97. The molecule has 17 heavy (non-hydrogen) atoms. The van der Waals surface area contributed by atoms with Crippen molar-refractivity contribution in [2.75, 3.05) is 27.4 Å². The molecule has 0 aliphatic heterocycles. The van der Waals surface area contributed by atoms with Crippen LogP contribution in [0, 0.1) is 0 Å². The Morgan fingerprint density at radius 3 is 2.82 bits per heavy atom. The van der Waals surface area contributed by atoms with Crippen molar-refractivity contribution in [2.45, 2.75) is 25.8 Å². The molecule has 1 aromatic heterocycles. The zero-order chi connectivity index (χ0) is 12.7. The Bertz CT molecular complexity index is 326. The number of hydrogen-bond donors (Lipinski definition) is 1. The highest BCUT2D eigenvalue weighted by Gasteiger charge is 2.19. The van der Waals surface area contributed by atoms with Crippen molar-refractivity contribution in [1.82, 2.24) is 15.1 Å². The highest BCUT2D eigenvalue weighted by atomic mass is 16.5. The van der Waals surface area contributed by atoms with Gasteiger partial charge >= 0.3 is 0 Å². The number of nitrogens with zero attached hydrogens (tertiary/aromatic N) is 2. The van der Waals surface area contributed by atoms with Gasteiger partial charge in [-0.15, -0.1) is 0 Å². The number of aryl methyl sites for hydroxylation is 1. The molecule has 98 valence electrons. The van der Waals surface area contributed by atoms with E-state index in [1.165, 1.54) is 0 Å². The van der Waals surface area contributed by atoms with Crippen molar-refractivity contribution in [3.8, 4) is 5.75 Å². The van der Waals surface area contributed by atoms with Gasteiger partial charge in [-0.2, -0.15) is 5.10 Å². The van der Waals surface area contributed by atoms with Crippen LogP contribution < -0.4 is 10.1 Å². The molecule has 1 N–H and O–H groups in total. The molecule has 1 aromatic rings. The van der Waals surface area contributed by atoms with Gasteiger partial charge in [0.15, 0.2) is 5.75 Å². The van der Waals surface area contributed by atoms with Crippen LogP contribution in [0.25, 0.3) is 0 Å². The predicted octanol–water partition coefficient (Wildman–Crippen LogP) is 1.51. The molecule has 1 heterocycles. The number of nitrogens with one attached hydrogen (secondary N) is 1. The zero-order valence-corrected chi connectivity index (χ0v) is 11.2. The molecular formula is C12H23N3O2. The smallest absolute Gasteiger partial charge is 0.161 e. The maximum Gasteiger partial charge on any atom is 0.161 e. The Morgan fingerprint density at radius 1 is 1.47 bits per heavy atom. The third-order valence-corrected chi connectivity index (χ3v) is 2.79. The van der Waals surface area contributed by atoms with E-state index in [9.17, 15) is 0 Å². The molecule has 0 fully saturated rings. The van der Waals surface area contributed by atoms with E-state index >= 15 is 0 Å². The van der Waals surface area contributed by atoms with E-state index in [1.807, 2.05) is 11.7 Å². The topological polar surface area (TPSA) is 48.3 Å². The second-order valence-electron chi connectivity index (χ2n) is 3.97. The molecule has 1 unspecified atom stereocenters. The summed E-state index contributed by atoms with van der Waals surface area (Å²) in [4.78, 5) is 0. The van der Waals surface area contributed by atoms with E-state index in [2.05, 4.69) is 17.3 Å². The third kappa shape index (κ3) is 3.71. The lowest BCUT2D eigenvalue weighted by Crippen LogP contribution is -2.24. The largest absolute Gasteiger partial charge is 0.493 e. The van der Waals surface area contributed by atoms with E-state index in [-0.39, 0.29) is 6.04 Å². The molecule has 1 rings (SSSR count). The van der Waals surface area contributed by atoms with Crippen LogP contribution in [-0.2, 0) is 11.8 Å². The van der Waals surface area contributed by atoms with Crippen LogP contribution in [0.2, 0.25) is 0 Å². The van der Waals surface area contributed by atoms with Gasteiger partial charge in [-0.1, -0.05) is 6.92 Å². The summed E-state index contributed by atoms with van der Waals surface area (Å²) >= 11 is 0. The summed E-state index contributed by atoms with van der Waals surface area (Å²) in [6, 6.07) is 0.262. The quantitative estimate of drug-likeness (QED) is 0.701. The SMILES string of the molecule is CCNC(CCCOC)c1c(OC)cnn1C. The fourth-order valence-electron chi connectivity index (χ4n) is 2.00. The van der Waals surface area contributed by atoms with Crippen LogP contribution in [0.4, 0.5) is 0 Å². The van der Waals surface area contributed by atoms with E-state index < -0.39 is 0 Å². The molecule has 0 amide bonds. The summed E-state index contributed by atoms with van der Waals surface area (Å²) in [5, 5.41) is 7.70. The lowest BCUT2D eigenvalue weighted by molar-refractivity contribution is 0.188. The summed E-state index contributed by atoms with van der Waals surface area (Å²) in [6.07, 6.45) is 3.79. The molecule has 1 atom stereocenters. The molecule has 0 aromatic carbocycles. The van der Waals surface area contributed by atoms with Crippen molar-refractivity contribution in [3.05, 3.63) is 11.9 Å². The first-order chi connectivity index (χ1) is 8.24. The molecule has 0 saturated heterocycles. The average molecular weight is 241 g/mol. The van der Waals surface area contributed by atoms with Crippen molar-refractivity contribution >= 4 is 0 Å². The van der Waals surface area contributed by atoms with E-state index in [4.69, 9.17) is 9.47 Å². The highest BCUT2D eigenvalue weighted by molar-refractivity contribution is 5.28. The normalized spacial score (nSPS) is 12.7. The van der Waals surface area contributed by atoms with Crippen molar-refractivity contribution < 1.29 is 9.47 Å². The minimum absolute atomic E-state index is 0.262. The summed E-state index contributed by atoms with van der Waals surface area (Å²) in [7, 11) is 5.35. The summed E-state index contributed by atoms with van der Waals surface area (Å²) in [5.41, 5.74) is 1.10. The monoisotopic (exact) mass is 241 g/mol. The number of ether oxygens (including phenoxy) is 2. The molecule has 5 heteroatoms. The lowest BCUT2D eigenvalue weighted by atomic mass is 10.1. The molecule has 0 aliphatic rings.